The third kappa shape index (κ3) is 3.17. The third-order valence-corrected chi connectivity index (χ3v) is 6.41. The van der Waals surface area contributed by atoms with Gasteiger partial charge in [-0.2, -0.15) is 0 Å². The van der Waals surface area contributed by atoms with Crippen LogP contribution in [0.25, 0.3) is 22.3 Å². The van der Waals surface area contributed by atoms with Crippen LogP contribution in [0.3, 0.4) is 0 Å². The van der Waals surface area contributed by atoms with Crippen molar-refractivity contribution in [1.29, 1.82) is 0 Å². The highest BCUT2D eigenvalue weighted by molar-refractivity contribution is 7.15. The topological polar surface area (TPSA) is 75.9 Å². The number of aromatic hydroxyl groups is 1. The molecule has 2 aliphatic heterocycles. The highest BCUT2D eigenvalue weighted by atomic mass is 32.1. The first-order valence-corrected chi connectivity index (χ1v) is 10.0. The smallest absolute Gasteiger partial charge is 0.151 e. The van der Waals surface area contributed by atoms with Crippen molar-refractivity contribution in [1.82, 2.24) is 25.1 Å². The molecule has 1 aromatic carbocycles. The van der Waals surface area contributed by atoms with Crippen molar-refractivity contribution in [2.75, 3.05) is 0 Å². The molecule has 2 saturated heterocycles. The quantitative estimate of drug-likeness (QED) is 0.724. The summed E-state index contributed by atoms with van der Waals surface area (Å²) in [4.78, 5) is 4.04. The number of nitrogens with zero attached hydrogens (tertiary/aromatic N) is 4. The molecule has 0 amide bonds. The van der Waals surface area contributed by atoms with E-state index in [1.54, 1.807) is 18.6 Å². The maximum absolute atomic E-state index is 10.5. The fourth-order valence-electron chi connectivity index (χ4n) is 4.27. The van der Waals surface area contributed by atoms with Gasteiger partial charge in [-0.15, -0.1) is 10.2 Å². The van der Waals surface area contributed by atoms with E-state index in [2.05, 4.69) is 33.5 Å². The zero-order valence-electron chi connectivity index (χ0n) is 15.1. The normalized spacial score (nSPS) is 26.0. The molecule has 2 bridgehead atoms. The number of rotatable bonds is 3. The maximum atomic E-state index is 10.5. The Morgan fingerprint density at radius 2 is 2.30 bits per heavy atom. The second kappa shape index (κ2) is 6.28. The predicted molar refractivity (Wildman–Crippen MR) is 106 cm³/mol. The van der Waals surface area contributed by atoms with Crippen molar-refractivity contribution in [3.63, 3.8) is 0 Å². The molecule has 4 heterocycles. The number of hydrogen-bond donors (Lipinski definition) is 2. The summed E-state index contributed by atoms with van der Waals surface area (Å²) in [6.07, 6.45) is 12.1. The molecule has 0 spiro atoms. The standard InChI is InChI=1S/C20H21N5OS/c1-20-5-4-14(22-20)8-13(11-20)9-18-23-24-19(27-18)16-3-2-15(10-17(16)26)25-7-6-21-12-25/h2-3,6-7,9-10,12,14,22,26H,4-5,8,11H2,1H3/b13-9+/t14?,20-/m1/s1. The molecular formula is C20H21N5OS. The minimum Gasteiger partial charge on any atom is -0.507 e. The first-order valence-electron chi connectivity index (χ1n) is 9.20. The van der Waals surface area contributed by atoms with Crippen molar-refractivity contribution in [3.8, 4) is 22.0 Å². The van der Waals surface area contributed by atoms with E-state index in [1.165, 1.54) is 29.8 Å². The summed E-state index contributed by atoms with van der Waals surface area (Å²) in [7, 11) is 0. The number of benzene rings is 1. The van der Waals surface area contributed by atoms with E-state index in [0.717, 1.165) is 28.5 Å². The van der Waals surface area contributed by atoms with Crippen LogP contribution in [0.4, 0.5) is 0 Å². The highest BCUT2D eigenvalue weighted by Crippen LogP contribution is 2.39. The number of phenols is 1. The molecular weight excluding hydrogens is 358 g/mol. The Morgan fingerprint density at radius 1 is 1.37 bits per heavy atom. The van der Waals surface area contributed by atoms with E-state index in [0.29, 0.717) is 11.6 Å². The molecule has 3 aromatic rings. The number of fused-ring (bicyclic) bond motifs is 2. The minimum absolute atomic E-state index is 0.198. The van der Waals surface area contributed by atoms with E-state index in [9.17, 15) is 5.11 Å². The fourth-order valence-corrected chi connectivity index (χ4v) is 5.14. The molecule has 0 aliphatic carbocycles. The van der Waals surface area contributed by atoms with Crippen LogP contribution in [0.5, 0.6) is 5.75 Å². The summed E-state index contributed by atoms with van der Waals surface area (Å²) in [5.41, 5.74) is 3.25. The second-order valence-corrected chi connectivity index (χ2v) is 8.75. The van der Waals surface area contributed by atoms with Crippen LogP contribution in [-0.4, -0.2) is 36.4 Å². The van der Waals surface area contributed by atoms with Gasteiger partial charge in [-0.05, 0) is 50.8 Å². The van der Waals surface area contributed by atoms with Gasteiger partial charge in [0.15, 0.2) is 5.01 Å². The summed E-state index contributed by atoms with van der Waals surface area (Å²) in [6.45, 7) is 2.31. The second-order valence-electron chi connectivity index (χ2n) is 7.74. The number of aromatic nitrogens is 4. The molecule has 6 nitrogen and oxygen atoms in total. The maximum Gasteiger partial charge on any atom is 0.151 e. The Kier molecular flexibility index (Phi) is 3.87. The Labute approximate surface area is 161 Å². The summed E-state index contributed by atoms with van der Waals surface area (Å²) < 4.78 is 1.85. The summed E-state index contributed by atoms with van der Waals surface area (Å²) >= 11 is 1.52. The number of piperidine rings is 1. The zero-order valence-corrected chi connectivity index (χ0v) is 15.9. The van der Waals surface area contributed by atoms with Crippen LogP contribution >= 0.6 is 11.3 Å². The Hall–Kier alpha value is -2.51. The fraction of sp³-hybridized carbons (Fsp3) is 0.350. The van der Waals surface area contributed by atoms with Crippen LogP contribution < -0.4 is 5.32 Å². The minimum atomic E-state index is 0.198. The van der Waals surface area contributed by atoms with Gasteiger partial charge in [-0.3, -0.25) is 0 Å². The molecule has 1 unspecified atom stereocenters. The summed E-state index contributed by atoms with van der Waals surface area (Å²) in [5.74, 6) is 0.198. The molecule has 0 radical (unpaired) electrons. The van der Waals surface area contributed by atoms with Crippen molar-refractivity contribution in [2.45, 2.75) is 44.2 Å². The van der Waals surface area contributed by atoms with E-state index >= 15 is 0 Å². The molecule has 138 valence electrons. The van der Waals surface area contributed by atoms with Crippen LogP contribution in [0.2, 0.25) is 0 Å². The van der Waals surface area contributed by atoms with Gasteiger partial charge in [0.2, 0.25) is 0 Å². The van der Waals surface area contributed by atoms with Gasteiger partial charge in [0.1, 0.15) is 10.8 Å². The van der Waals surface area contributed by atoms with Gasteiger partial charge >= 0.3 is 0 Å². The van der Waals surface area contributed by atoms with E-state index in [-0.39, 0.29) is 11.3 Å². The van der Waals surface area contributed by atoms with E-state index in [4.69, 9.17) is 0 Å². The van der Waals surface area contributed by atoms with Crippen molar-refractivity contribution in [2.24, 2.45) is 0 Å². The number of hydrogen-bond acceptors (Lipinski definition) is 6. The summed E-state index contributed by atoms with van der Waals surface area (Å²) in [6, 6.07) is 6.15. The van der Waals surface area contributed by atoms with E-state index in [1.807, 2.05) is 22.9 Å². The molecule has 0 saturated carbocycles. The number of phenolic OH excluding ortho intramolecular Hbond substituents is 1. The molecule has 27 heavy (non-hydrogen) atoms. The van der Waals surface area contributed by atoms with Gasteiger partial charge in [0, 0.05) is 30.0 Å². The monoisotopic (exact) mass is 379 g/mol. The molecule has 2 N–H and O–H groups in total. The first-order chi connectivity index (χ1) is 13.1. The average Bonchev–Trinajstić information content (AvgIpc) is 3.36. The number of imidazole rings is 1. The Bertz CT molecular complexity index is 1010. The third-order valence-electron chi connectivity index (χ3n) is 5.51. The summed E-state index contributed by atoms with van der Waals surface area (Å²) in [5, 5.41) is 24.5. The first kappa shape index (κ1) is 16.6. The van der Waals surface area contributed by atoms with Crippen LogP contribution in [0, 0.1) is 0 Å². The molecule has 2 fully saturated rings. The van der Waals surface area contributed by atoms with Gasteiger partial charge < -0.3 is 15.0 Å². The van der Waals surface area contributed by atoms with Crippen molar-refractivity contribution < 1.29 is 5.11 Å². The lowest BCUT2D eigenvalue weighted by Crippen LogP contribution is -2.44. The highest BCUT2D eigenvalue weighted by Gasteiger charge is 2.39. The molecule has 7 heteroatoms. The van der Waals surface area contributed by atoms with Crippen molar-refractivity contribution in [3.05, 3.63) is 47.5 Å². The molecule has 2 aliphatic rings. The molecule has 5 rings (SSSR count). The van der Waals surface area contributed by atoms with Crippen LogP contribution in [-0.2, 0) is 0 Å². The lowest BCUT2D eigenvalue weighted by molar-refractivity contribution is 0.351. The lowest BCUT2D eigenvalue weighted by Gasteiger charge is -2.32. The largest absolute Gasteiger partial charge is 0.507 e. The van der Waals surface area contributed by atoms with Crippen LogP contribution in [0.15, 0.2) is 42.5 Å². The molecule has 2 atom stereocenters. The zero-order chi connectivity index (χ0) is 18.4. The van der Waals surface area contributed by atoms with Crippen LogP contribution in [0.1, 0.15) is 37.6 Å². The van der Waals surface area contributed by atoms with Gasteiger partial charge in [0.05, 0.1) is 17.6 Å². The lowest BCUT2D eigenvalue weighted by atomic mass is 9.89. The van der Waals surface area contributed by atoms with Gasteiger partial charge in [0.25, 0.3) is 0 Å². The molecule has 2 aromatic heterocycles. The SMILES string of the molecule is C[C@@]12CCC(C/C(=C\c3nnc(-c4ccc(-n5ccnc5)cc4O)s3)C1)N2. The van der Waals surface area contributed by atoms with Crippen molar-refractivity contribution >= 4 is 17.4 Å². The average molecular weight is 379 g/mol. The number of nitrogens with one attached hydrogen (secondary N) is 1. The van der Waals surface area contributed by atoms with Gasteiger partial charge in [-0.25, -0.2) is 4.98 Å². The Balaban J connectivity index is 1.40. The van der Waals surface area contributed by atoms with Gasteiger partial charge in [-0.1, -0.05) is 16.9 Å². The Morgan fingerprint density at radius 3 is 3.07 bits per heavy atom. The predicted octanol–water partition coefficient (Wildman–Crippen LogP) is 3.78. The van der Waals surface area contributed by atoms with E-state index < -0.39 is 0 Å².